The predicted octanol–water partition coefficient (Wildman–Crippen LogP) is 1.81. The third-order valence-corrected chi connectivity index (χ3v) is 3.18. The maximum atomic E-state index is 10.8. The molecule has 18 heavy (non-hydrogen) atoms. The molecular formula is C12H12N2O4. The predicted molar refractivity (Wildman–Crippen MR) is 61.5 cm³/mol. The second-order valence-corrected chi connectivity index (χ2v) is 4.35. The maximum Gasteiger partial charge on any atom is 0.354 e. The molecule has 2 atom stereocenters. The van der Waals surface area contributed by atoms with Crippen molar-refractivity contribution in [3.63, 3.8) is 0 Å². The molecule has 2 aromatic rings. The van der Waals surface area contributed by atoms with Gasteiger partial charge in [0.15, 0.2) is 16.9 Å². The lowest BCUT2D eigenvalue weighted by atomic mass is 10.0. The van der Waals surface area contributed by atoms with Crippen molar-refractivity contribution in [2.75, 3.05) is 6.61 Å². The average Bonchev–Trinajstić information content (AvgIpc) is 2.92. The summed E-state index contributed by atoms with van der Waals surface area (Å²) in [6.45, 7) is 2.67. The van der Waals surface area contributed by atoms with Gasteiger partial charge in [0.1, 0.15) is 0 Å². The molecule has 0 aliphatic carbocycles. The first-order chi connectivity index (χ1) is 8.65. The van der Waals surface area contributed by atoms with Crippen molar-refractivity contribution >= 4 is 17.2 Å². The number of oxazole rings is 1. The molecule has 3 rings (SSSR count). The highest BCUT2D eigenvalue weighted by Gasteiger charge is 2.30. The van der Waals surface area contributed by atoms with Gasteiger partial charge >= 0.3 is 5.97 Å². The van der Waals surface area contributed by atoms with E-state index in [1.807, 2.05) is 6.92 Å². The normalized spacial score (nSPS) is 23.6. The van der Waals surface area contributed by atoms with Crippen molar-refractivity contribution < 1.29 is 19.1 Å². The number of hydrogen-bond donors (Lipinski definition) is 1. The van der Waals surface area contributed by atoms with E-state index in [0.717, 1.165) is 6.42 Å². The summed E-state index contributed by atoms with van der Waals surface area (Å²) in [6.07, 6.45) is 0.928. The highest BCUT2D eigenvalue weighted by molar-refractivity contribution is 5.87. The molecule has 0 aromatic carbocycles. The minimum Gasteiger partial charge on any atom is -0.477 e. The monoisotopic (exact) mass is 248 g/mol. The second kappa shape index (κ2) is 4.06. The van der Waals surface area contributed by atoms with E-state index in [-0.39, 0.29) is 17.7 Å². The fourth-order valence-corrected chi connectivity index (χ4v) is 2.17. The van der Waals surface area contributed by atoms with Crippen LogP contribution in [0, 0.1) is 0 Å². The summed E-state index contributed by atoms with van der Waals surface area (Å²) in [6, 6.07) is 3.00. The SMILES string of the molecule is CC1OCCC1c1nc2nc(C(=O)O)ccc2o1. The van der Waals surface area contributed by atoms with Crippen LogP contribution < -0.4 is 0 Å². The fourth-order valence-electron chi connectivity index (χ4n) is 2.17. The highest BCUT2D eigenvalue weighted by atomic mass is 16.5. The third-order valence-electron chi connectivity index (χ3n) is 3.18. The molecule has 2 unspecified atom stereocenters. The molecule has 1 aliphatic rings. The van der Waals surface area contributed by atoms with Gasteiger partial charge in [-0.25, -0.2) is 9.78 Å². The van der Waals surface area contributed by atoms with Crippen LogP contribution in [0.1, 0.15) is 35.6 Å². The van der Waals surface area contributed by atoms with Crippen LogP contribution in [0.2, 0.25) is 0 Å². The van der Waals surface area contributed by atoms with Crippen molar-refractivity contribution in [1.82, 2.24) is 9.97 Å². The van der Waals surface area contributed by atoms with Crippen molar-refractivity contribution in [2.45, 2.75) is 25.4 Å². The van der Waals surface area contributed by atoms with Crippen LogP contribution in [-0.2, 0) is 4.74 Å². The van der Waals surface area contributed by atoms with Gasteiger partial charge in [-0.1, -0.05) is 0 Å². The molecule has 0 bridgehead atoms. The van der Waals surface area contributed by atoms with Gasteiger partial charge in [0.25, 0.3) is 0 Å². The number of carboxylic acid groups (broad SMARTS) is 1. The molecular weight excluding hydrogens is 236 g/mol. The quantitative estimate of drug-likeness (QED) is 0.872. The van der Waals surface area contributed by atoms with E-state index < -0.39 is 5.97 Å². The lowest BCUT2D eigenvalue weighted by molar-refractivity contribution is 0.0691. The van der Waals surface area contributed by atoms with E-state index in [1.165, 1.54) is 6.07 Å². The summed E-state index contributed by atoms with van der Waals surface area (Å²) >= 11 is 0. The molecule has 6 nitrogen and oxygen atoms in total. The minimum absolute atomic E-state index is 0.0296. The molecule has 2 aromatic heterocycles. The number of carboxylic acids is 1. The topological polar surface area (TPSA) is 85.5 Å². The van der Waals surface area contributed by atoms with E-state index in [9.17, 15) is 4.79 Å². The molecule has 3 heterocycles. The Bertz CT molecular complexity index is 607. The molecule has 1 fully saturated rings. The van der Waals surface area contributed by atoms with Gasteiger partial charge in [-0.2, -0.15) is 4.98 Å². The molecule has 0 amide bonds. The molecule has 1 N–H and O–H groups in total. The lowest BCUT2D eigenvalue weighted by Crippen LogP contribution is -2.09. The van der Waals surface area contributed by atoms with Gasteiger partial charge in [0.2, 0.25) is 5.89 Å². The Balaban J connectivity index is 2.02. The summed E-state index contributed by atoms with van der Waals surface area (Å²) in [4.78, 5) is 19.0. The van der Waals surface area contributed by atoms with Crippen LogP contribution in [0.4, 0.5) is 0 Å². The Hall–Kier alpha value is -1.95. The summed E-state index contributed by atoms with van der Waals surface area (Å²) in [5, 5.41) is 8.86. The molecule has 0 radical (unpaired) electrons. The minimum atomic E-state index is -1.07. The first kappa shape index (κ1) is 11.2. The zero-order valence-corrected chi connectivity index (χ0v) is 9.79. The van der Waals surface area contributed by atoms with Crippen LogP contribution in [0.5, 0.6) is 0 Å². The highest BCUT2D eigenvalue weighted by Crippen LogP contribution is 2.31. The summed E-state index contributed by atoms with van der Waals surface area (Å²) in [5.74, 6) is -0.378. The average molecular weight is 248 g/mol. The molecule has 0 saturated carbocycles. The fraction of sp³-hybridized carbons (Fsp3) is 0.417. The van der Waals surface area contributed by atoms with E-state index in [2.05, 4.69) is 9.97 Å². The van der Waals surface area contributed by atoms with Crippen molar-refractivity contribution in [2.24, 2.45) is 0 Å². The van der Waals surface area contributed by atoms with E-state index in [0.29, 0.717) is 23.7 Å². The molecule has 6 heteroatoms. The number of pyridine rings is 1. The number of rotatable bonds is 2. The standard InChI is InChI=1S/C12H12N2O4/c1-6-7(4-5-17-6)11-14-10-9(18-11)3-2-8(13-10)12(15)16/h2-3,6-7H,4-5H2,1H3,(H,15,16). The Kier molecular flexibility index (Phi) is 2.52. The number of aromatic nitrogens is 2. The van der Waals surface area contributed by atoms with E-state index in [1.54, 1.807) is 6.07 Å². The number of fused-ring (bicyclic) bond motifs is 1. The molecule has 0 spiro atoms. The first-order valence-corrected chi connectivity index (χ1v) is 5.77. The number of ether oxygens (including phenoxy) is 1. The zero-order chi connectivity index (χ0) is 12.7. The van der Waals surface area contributed by atoms with Crippen LogP contribution in [0.3, 0.4) is 0 Å². The van der Waals surface area contributed by atoms with Gasteiger partial charge in [0, 0.05) is 6.61 Å². The largest absolute Gasteiger partial charge is 0.477 e. The number of carbonyl (C=O) groups is 1. The van der Waals surface area contributed by atoms with Gasteiger partial charge in [-0.15, -0.1) is 0 Å². The summed E-state index contributed by atoms with van der Waals surface area (Å²) < 4.78 is 11.1. The number of aromatic carboxylic acids is 1. The molecule has 1 saturated heterocycles. The lowest BCUT2D eigenvalue weighted by Gasteiger charge is -2.08. The van der Waals surface area contributed by atoms with Crippen molar-refractivity contribution in [1.29, 1.82) is 0 Å². The Labute approximate surface area is 103 Å². The Morgan fingerprint density at radius 1 is 1.44 bits per heavy atom. The Morgan fingerprint density at radius 3 is 2.94 bits per heavy atom. The third kappa shape index (κ3) is 1.74. The maximum absolute atomic E-state index is 10.8. The zero-order valence-electron chi connectivity index (χ0n) is 9.79. The van der Waals surface area contributed by atoms with Crippen molar-refractivity contribution in [3.05, 3.63) is 23.7 Å². The van der Waals surface area contributed by atoms with E-state index >= 15 is 0 Å². The second-order valence-electron chi connectivity index (χ2n) is 4.35. The summed E-state index contributed by atoms with van der Waals surface area (Å²) in [7, 11) is 0. The van der Waals surface area contributed by atoms with E-state index in [4.69, 9.17) is 14.3 Å². The van der Waals surface area contributed by atoms with Gasteiger partial charge < -0.3 is 14.3 Å². The van der Waals surface area contributed by atoms with Crippen LogP contribution in [0.15, 0.2) is 16.5 Å². The van der Waals surface area contributed by atoms with Crippen LogP contribution >= 0.6 is 0 Å². The van der Waals surface area contributed by atoms with Gasteiger partial charge in [-0.05, 0) is 25.5 Å². The smallest absolute Gasteiger partial charge is 0.354 e. The number of nitrogens with zero attached hydrogens (tertiary/aromatic N) is 2. The molecule has 94 valence electrons. The van der Waals surface area contributed by atoms with Crippen LogP contribution in [-0.4, -0.2) is 33.8 Å². The van der Waals surface area contributed by atoms with Gasteiger partial charge in [0.05, 0.1) is 12.0 Å². The first-order valence-electron chi connectivity index (χ1n) is 5.77. The summed E-state index contributed by atoms with van der Waals surface area (Å²) in [5.41, 5.74) is 0.816. The molecule has 1 aliphatic heterocycles. The van der Waals surface area contributed by atoms with Crippen LogP contribution in [0.25, 0.3) is 11.2 Å². The Morgan fingerprint density at radius 2 is 2.28 bits per heavy atom. The van der Waals surface area contributed by atoms with Crippen molar-refractivity contribution in [3.8, 4) is 0 Å². The number of hydrogen-bond acceptors (Lipinski definition) is 5. The van der Waals surface area contributed by atoms with Gasteiger partial charge in [-0.3, -0.25) is 0 Å².